The molecule has 1 saturated carbocycles. The number of anilines is 1. The van der Waals surface area contributed by atoms with E-state index < -0.39 is 0 Å². The van der Waals surface area contributed by atoms with E-state index in [1.54, 1.807) is 0 Å². The van der Waals surface area contributed by atoms with Crippen molar-refractivity contribution in [2.75, 3.05) is 11.9 Å². The molecule has 2 rings (SSSR count). The van der Waals surface area contributed by atoms with Gasteiger partial charge in [0.1, 0.15) is 5.82 Å². The van der Waals surface area contributed by atoms with Crippen molar-refractivity contribution >= 4 is 21.7 Å². The van der Waals surface area contributed by atoms with Gasteiger partial charge in [-0.15, -0.1) is 0 Å². The average Bonchev–Trinajstić information content (AvgIpc) is 2.14. The van der Waals surface area contributed by atoms with Gasteiger partial charge in [-0.25, -0.2) is 4.98 Å². The standard InChI is InChI=1S/C11H15BrN2O/c1-8-5-9(12)10(13-6-8)14-11(7-15)3-2-4-11/h5-6,15H,2-4,7H2,1H3,(H,13,14). The van der Waals surface area contributed by atoms with Gasteiger partial charge in [0.25, 0.3) is 0 Å². The molecule has 0 aromatic carbocycles. The molecule has 1 aromatic heterocycles. The second kappa shape index (κ2) is 4.10. The summed E-state index contributed by atoms with van der Waals surface area (Å²) in [7, 11) is 0. The Morgan fingerprint density at radius 2 is 2.33 bits per heavy atom. The van der Waals surface area contributed by atoms with Gasteiger partial charge in [0, 0.05) is 6.20 Å². The first-order valence-electron chi connectivity index (χ1n) is 5.16. The monoisotopic (exact) mass is 270 g/mol. The van der Waals surface area contributed by atoms with E-state index >= 15 is 0 Å². The molecule has 0 spiro atoms. The molecule has 0 unspecified atom stereocenters. The molecule has 0 atom stereocenters. The molecular weight excluding hydrogens is 256 g/mol. The van der Waals surface area contributed by atoms with Crippen LogP contribution in [0.3, 0.4) is 0 Å². The maximum Gasteiger partial charge on any atom is 0.140 e. The number of halogens is 1. The first kappa shape index (κ1) is 10.9. The van der Waals surface area contributed by atoms with Crippen LogP contribution in [0.5, 0.6) is 0 Å². The van der Waals surface area contributed by atoms with E-state index in [1.165, 1.54) is 6.42 Å². The molecular formula is C11H15BrN2O. The number of nitrogens with one attached hydrogen (secondary N) is 1. The number of aryl methyl sites for hydroxylation is 1. The Balaban J connectivity index is 2.16. The van der Waals surface area contributed by atoms with Crippen LogP contribution in [0.1, 0.15) is 24.8 Å². The molecule has 15 heavy (non-hydrogen) atoms. The maximum absolute atomic E-state index is 9.34. The number of aliphatic hydroxyl groups is 1. The highest BCUT2D eigenvalue weighted by atomic mass is 79.9. The van der Waals surface area contributed by atoms with Gasteiger partial charge in [0.2, 0.25) is 0 Å². The number of aliphatic hydroxyl groups excluding tert-OH is 1. The van der Waals surface area contributed by atoms with Crippen LogP contribution >= 0.6 is 15.9 Å². The Morgan fingerprint density at radius 1 is 1.60 bits per heavy atom. The summed E-state index contributed by atoms with van der Waals surface area (Å²) in [6.07, 6.45) is 5.05. The zero-order valence-corrected chi connectivity index (χ0v) is 10.3. The van der Waals surface area contributed by atoms with Crippen molar-refractivity contribution in [2.45, 2.75) is 31.7 Å². The van der Waals surface area contributed by atoms with Gasteiger partial charge in [-0.05, 0) is 53.7 Å². The number of pyridine rings is 1. The van der Waals surface area contributed by atoms with Crippen LogP contribution in [-0.4, -0.2) is 22.2 Å². The minimum Gasteiger partial charge on any atom is -0.394 e. The first-order valence-corrected chi connectivity index (χ1v) is 5.96. The summed E-state index contributed by atoms with van der Waals surface area (Å²) >= 11 is 3.48. The van der Waals surface area contributed by atoms with Gasteiger partial charge in [-0.1, -0.05) is 0 Å². The van der Waals surface area contributed by atoms with Gasteiger partial charge in [-0.3, -0.25) is 0 Å². The minimum atomic E-state index is -0.134. The number of rotatable bonds is 3. The smallest absolute Gasteiger partial charge is 0.140 e. The SMILES string of the molecule is Cc1cnc(NC2(CO)CCC2)c(Br)c1. The zero-order chi connectivity index (χ0) is 10.9. The normalized spacial score (nSPS) is 18.3. The van der Waals surface area contributed by atoms with E-state index in [2.05, 4.69) is 26.2 Å². The molecule has 2 N–H and O–H groups in total. The summed E-state index contributed by atoms with van der Waals surface area (Å²) < 4.78 is 0.960. The van der Waals surface area contributed by atoms with Crippen molar-refractivity contribution in [1.29, 1.82) is 0 Å². The van der Waals surface area contributed by atoms with Gasteiger partial charge >= 0.3 is 0 Å². The predicted molar refractivity (Wildman–Crippen MR) is 64.0 cm³/mol. The third-order valence-electron chi connectivity index (χ3n) is 2.97. The molecule has 0 saturated heterocycles. The van der Waals surface area contributed by atoms with Crippen molar-refractivity contribution < 1.29 is 5.11 Å². The second-order valence-corrected chi connectivity index (χ2v) is 5.11. The summed E-state index contributed by atoms with van der Waals surface area (Å²) in [4.78, 5) is 4.32. The number of hydrogen-bond acceptors (Lipinski definition) is 3. The summed E-state index contributed by atoms with van der Waals surface area (Å²) in [5.41, 5.74) is 0.990. The first-order chi connectivity index (χ1) is 7.15. The number of nitrogens with zero attached hydrogens (tertiary/aromatic N) is 1. The number of aromatic nitrogens is 1. The lowest BCUT2D eigenvalue weighted by Crippen LogP contribution is -2.48. The van der Waals surface area contributed by atoms with Crippen molar-refractivity contribution in [1.82, 2.24) is 4.98 Å². The molecule has 3 nitrogen and oxygen atoms in total. The third-order valence-corrected chi connectivity index (χ3v) is 3.58. The van der Waals surface area contributed by atoms with Crippen LogP contribution in [0.2, 0.25) is 0 Å². The quantitative estimate of drug-likeness (QED) is 0.887. The second-order valence-electron chi connectivity index (χ2n) is 4.26. The van der Waals surface area contributed by atoms with Crippen LogP contribution in [0.25, 0.3) is 0 Å². The fraction of sp³-hybridized carbons (Fsp3) is 0.545. The predicted octanol–water partition coefficient (Wildman–Crippen LogP) is 2.48. The molecule has 4 heteroatoms. The number of hydrogen-bond donors (Lipinski definition) is 2. The Hall–Kier alpha value is -0.610. The van der Waals surface area contributed by atoms with Gasteiger partial charge in [0.15, 0.2) is 0 Å². The Morgan fingerprint density at radius 3 is 2.80 bits per heavy atom. The van der Waals surface area contributed by atoms with Gasteiger partial charge in [-0.2, -0.15) is 0 Å². The van der Waals surface area contributed by atoms with Crippen LogP contribution in [0.4, 0.5) is 5.82 Å². The molecule has 1 aliphatic carbocycles. The largest absolute Gasteiger partial charge is 0.394 e. The maximum atomic E-state index is 9.34. The Bertz CT molecular complexity index is 358. The molecule has 1 heterocycles. The molecule has 0 aliphatic heterocycles. The molecule has 1 aromatic rings. The van der Waals surface area contributed by atoms with Crippen molar-refractivity contribution in [3.8, 4) is 0 Å². The van der Waals surface area contributed by atoms with Crippen molar-refractivity contribution in [3.05, 3.63) is 22.3 Å². The zero-order valence-electron chi connectivity index (χ0n) is 8.76. The van der Waals surface area contributed by atoms with E-state index in [0.717, 1.165) is 28.7 Å². The van der Waals surface area contributed by atoms with Gasteiger partial charge in [0.05, 0.1) is 16.6 Å². The molecule has 0 amide bonds. The highest BCUT2D eigenvalue weighted by Gasteiger charge is 2.36. The van der Waals surface area contributed by atoms with E-state index in [1.807, 2.05) is 19.2 Å². The molecule has 1 fully saturated rings. The summed E-state index contributed by atoms with van der Waals surface area (Å²) in [5.74, 6) is 0.828. The summed E-state index contributed by atoms with van der Waals surface area (Å²) in [6, 6.07) is 2.03. The lowest BCUT2D eigenvalue weighted by Gasteiger charge is -2.41. The van der Waals surface area contributed by atoms with Crippen LogP contribution in [0.15, 0.2) is 16.7 Å². The van der Waals surface area contributed by atoms with E-state index in [-0.39, 0.29) is 12.1 Å². The highest BCUT2D eigenvalue weighted by Crippen LogP contribution is 2.36. The van der Waals surface area contributed by atoms with Gasteiger partial charge < -0.3 is 10.4 Å². The van der Waals surface area contributed by atoms with Crippen LogP contribution in [0, 0.1) is 6.92 Å². The van der Waals surface area contributed by atoms with Crippen LogP contribution in [-0.2, 0) is 0 Å². The lowest BCUT2D eigenvalue weighted by molar-refractivity contribution is 0.143. The molecule has 82 valence electrons. The fourth-order valence-corrected chi connectivity index (χ4v) is 2.37. The topological polar surface area (TPSA) is 45.2 Å². The Labute approximate surface area is 98.0 Å². The summed E-state index contributed by atoms with van der Waals surface area (Å²) in [6.45, 7) is 2.18. The Kier molecular flexibility index (Phi) is 2.98. The van der Waals surface area contributed by atoms with Crippen molar-refractivity contribution in [2.24, 2.45) is 0 Å². The lowest BCUT2D eigenvalue weighted by atomic mass is 9.77. The molecule has 1 aliphatic rings. The molecule has 0 radical (unpaired) electrons. The van der Waals surface area contributed by atoms with Crippen molar-refractivity contribution in [3.63, 3.8) is 0 Å². The minimum absolute atomic E-state index is 0.134. The summed E-state index contributed by atoms with van der Waals surface area (Å²) in [5, 5.41) is 12.7. The van der Waals surface area contributed by atoms with E-state index in [9.17, 15) is 5.11 Å². The van der Waals surface area contributed by atoms with E-state index in [0.29, 0.717) is 0 Å². The third kappa shape index (κ3) is 2.16. The van der Waals surface area contributed by atoms with Crippen LogP contribution < -0.4 is 5.32 Å². The highest BCUT2D eigenvalue weighted by molar-refractivity contribution is 9.10. The van der Waals surface area contributed by atoms with E-state index in [4.69, 9.17) is 0 Å². The fourth-order valence-electron chi connectivity index (χ4n) is 1.80. The average molecular weight is 271 g/mol. The molecule has 0 bridgehead atoms.